The molecule has 2 aromatic carbocycles. The highest BCUT2D eigenvalue weighted by Gasteiger charge is 2.43. The molecule has 8 amide bonds. The summed E-state index contributed by atoms with van der Waals surface area (Å²) in [7, 11) is 0. The standard InChI is InChI=1S/C20H24N2O4.C16H16N2O4/c1-11-12(2)18(24)21(17(11)23)9-15-6-5-7-16(8-15)10-22-19(25)13(3)14(4)20(22)26;1-9-6-13(19)17(15(9)21)11-4-3-5-12(8-11)18-14(20)7-10(2)16(18)22/h5-8,11-14H,9-10H2,1-4H3;3-5,8-10H,6-7H2,1-2H3. The molecule has 48 heavy (non-hydrogen) atoms. The van der Waals surface area contributed by atoms with Crippen LogP contribution in [0, 0.1) is 35.5 Å². The first kappa shape index (κ1) is 34.3. The van der Waals surface area contributed by atoms with Gasteiger partial charge in [-0.1, -0.05) is 71.9 Å². The van der Waals surface area contributed by atoms with Gasteiger partial charge in [-0.15, -0.1) is 0 Å². The summed E-state index contributed by atoms with van der Waals surface area (Å²) in [6.07, 6.45) is 0.364. The van der Waals surface area contributed by atoms with Crippen molar-refractivity contribution in [2.75, 3.05) is 9.80 Å². The summed E-state index contributed by atoms with van der Waals surface area (Å²) in [5.41, 5.74) is 2.42. The van der Waals surface area contributed by atoms with E-state index in [4.69, 9.17) is 0 Å². The summed E-state index contributed by atoms with van der Waals surface area (Å²) < 4.78 is 0. The fraction of sp³-hybridized carbons (Fsp3) is 0.444. The zero-order valence-electron chi connectivity index (χ0n) is 28.0. The molecule has 0 aliphatic carbocycles. The van der Waals surface area contributed by atoms with E-state index in [0.29, 0.717) is 11.4 Å². The number of anilines is 2. The Morgan fingerprint density at radius 2 is 0.812 bits per heavy atom. The number of hydrogen-bond donors (Lipinski definition) is 0. The first-order valence-corrected chi connectivity index (χ1v) is 16.2. The maximum absolute atomic E-state index is 12.3. The number of hydrogen-bond acceptors (Lipinski definition) is 8. The Bertz CT molecular complexity index is 1580. The maximum Gasteiger partial charge on any atom is 0.237 e. The van der Waals surface area contributed by atoms with Gasteiger partial charge >= 0.3 is 0 Å². The Morgan fingerprint density at radius 3 is 1.12 bits per heavy atom. The minimum absolute atomic E-state index is 0.152. The number of carbonyl (C=O) groups excluding carboxylic acids is 8. The summed E-state index contributed by atoms with van der Waals surface area (Å²) >= 11 is 0. The van der Waals surface area contributed by atoms with Gasteiger partial charge in [-0.25, -0.2) is 0 Å². The van der Waals surface area contributed by atoms with Crippen molar-refractivity contribution >= 4 is 58.6 Å². The molecule has 4 saturated heterocycles. The average molecular weight is 657 g/mol. The average Bonchev–Trinajstić information content (AvgIpc) is 3.61. The molecule has 0 radical (unpaired) electrons. The van der Waals surface area contributed by atoms with Crippen molar-refractivity contribution in [3.05, 3.63) is 59.7 Å². The fourth-order valence-electron chi connectivity index (χ4n) is 6.44. The van der Waals surface area contributed by atoms with E-state index in [1.165, 1.54) is 9.80 Å². The van der Waals surface area contributed by atoms with Crippen LogP contribution in [0.2, 0.25) is 0 Å². The summed E-state index contributed by atoms with van der Waals surface area (Å²) in [4.78, 5) is 102. The van der Waals surface area contributed by atoms with Crippen LogP contribution in [0.4, 0.5) is 11.4 Å². The van der Waals surface area contributed by atoms with Crippen molar-refractivity contribution in [2.45, 2.75) is 67.5 Å². The number of nitrogens with zero attached hydrogens (tertiary/aromatic N) is 4. The molecule has 0 aromatic heterocycles. The lowest BCUT2D eigenvalue weighted by atomic mass is 10.00. The lowest BCUT2D eigenvalue weighted by molar-refractivity contribution is -0.141. The predicted molar refractivity (Wildman–Crippen MR) is 173 cm³/mol. The van der Waals surface area contributed by atoms with E-state index in [1.54, 1.807) is 65.8 Å². The van der Waals surface area contributed by atoms with Crippen LogP contribution < -0.4 is 9.80 Å². The summed E-state index contributed by atoms with van der Waals surface area (Å²) in [6.45, 7) is 10.9. The van der Waals surface area contributed by atoms with Crippen LogP contribution in [0.1, 0.15) is 65.5 Å². The molecule has 4 heterocycles. The highest BCUT2D eigenvalue weighted by Crippen LogP contribution is 2.33. The maximum atomic E-state index is 12.3. The summed E-state index contributed by atoms with van der Waals surface area (Å²) in [6, 6.07) is 13.8. The number of benzene rings is 2. The van der Waals surface area contributed by atoms with Crippen molar-refractivity contribution in [3.63, 3.8) is 0 Å². The van der Waals surface area contributed by atoms with Gasteiger partial charge in [0, 0.05) is 48.3 Å². The monoisotopic (exact) mass is 656 g/mol. The second-order valence-corrected chi connectivity index (χ2v) is 13.4. The largest absolute Gasteiger partial charge is 0.278 e. The van der Waals surface area contributed by atoms with Gasteiger partial charge in [-0.05, 0) is 29.3 Å². The number of likely N-dealkylation sites (tertiary alicyclic amines) is 2. The summed E-state index contributed by atoms with van der Waals surface area (Å²) in [5, 5.41) is 0. The second kappa shape index (κ2) is 13.2. The van der Waals surface area contributed by atoms with Crippen molar-refractivity contribution in [3.8, 4) is 0 Å². The van der Waals surface area contributed by atoms with Gasteiger partial charge in [0.05, 0.1) is 24.5 Å². The number of amides is 8. The van der Waals surface area contributed by atoms with E-state index in [1.807, 2.05) is 24.3 Å². The lowest BCUT2D eigenvalue weighted by Crippen LogP contribution is -2.32. The molecular weight excluding hydrogens is 616 g/mol. The molecule has 0 saturated carbocycles. The number of rotatable bonds is 6. The molecule has 4 fully saturated rings. The first-order valence-electron chi connectivity index (χ1n) is 16.2. The van der Waals surface area contributed by atoms with Gasteiger partial charge in [-0.2, -0.15) is 0 Å². The minimum atomic E-state index is -0.341. The van der Waals surface area contributed by atoms with Gasteiger partial charge in [0.15, 0.2) is 0 Å². The van der Waals surface area contributed by atoms with E-state index in [-0.39, 0.29) is 109 Å². The molecule has 4 aliphatic rings. The third-order valence-electron chi connectivity index (χ3n) is 9.89. The van der Waals surface area contributed by atoms with Gasteiger partial charge in [0.1, 0.15) is 0 Å². The van der Waals surface area contributed by atoms with E-state index in [0.717, 1.165) is 20.9 Å². The molecule has 6 rings (SSSR count). The Hall–Kier alpha value is -5.00. The van der Waals surface area contributed by atoms with Gasteiger partial charge in [-0.3, -0.25) is 58.0 Å². The normalized spacial score (nSPS) is 27.5. The van der Waals surface area contributed by atoms with Crippen LogP contribution >= 0.6 is 0 Å². The molecule has 12 nitrogen and oxygen atoms in total. The van der Waals surface area contributed by atoms with Crippen LogP contribution in [-0.2, 0) is 51.4 Å². The molecule has 0 spiro atoms. The van der Waals surface area contributed by atoms with E-state index >= 15 is 0 Å². The van der Waals surface area contributed by atoms with Crippen LogP contribution in [0.15, 0.2) is 48.5 Å². The first-order chi connectivity index (χ1) is 22.6. The number of carbonyl (C=O) groups is 8. The SMILES string of the molecule is CC1C(=O)N(Cc2cccc(CN3C(=O)C(C)C(C)C3=O)c2)C(=O)C1C.CC1CC(=O)N(c2cccc(N3C(=O)CC(C)C3=O)c2)C1=O. The quantitative estimate of drug-likeness (QED) is 0.429. The molecule has 4 aliphatic heterocycles. The highest BCUT2D eigenvalue weighted by atomic mass is 16.2. The molecule has 6 atom stereocenters. The predicted octanol–water partition coefficient (Wildman–Crippen LogP) is 3.45. The lowest BCUT2D eigenvalue weighted by Gasteiger charge is -2.19. The van der Waals surface area contributed by atoms with Crippen LogP contribution in [-0.4, -0.2) is 57.1 Å². The van der Waals surface area contributed by atoms with E-state index < -0.39 is 0 Å². The zero-order chi connectivity index (χ0) is 35.2. The zero-order valence-corrected chi connectivity index (χ0v) is 28.0. The Morgan fingerprint density at radius 1 is 0.479 bits per heavy atom. The molecule has 2 aromatic rings. The van der Waals surface area contributed by atoms with Crippen LogP contribution in [0.5, 0.6) is 0 Å². The van der Waals surface area contributed by atoms with Gasteiger partial charge < -0.3 is 0 Å². The van der Waals surface area contributed by atoms with Crippen molar-refractivity contribution in [1.29, 1.82) is 0 Å². The van der Waals surface area contributed by atoms with E-state index in [2.05, 4.69) is 0 Å². The van der Waals surface area contributed by atoms with E-state index in [9.17, 15) is 38.4 Å². The Labute approximate surface area is 279 Å². The molecule has 0 N–H and O–H groups in total. The molecular formula is C36H40N4O8. The number of imide groups is 4. The molecule has 252 valence electrons. The van der Waals surface area contributed by atoms with Crippen molar-refractivity contribution in [2.24, 2.45) is 35.5 Å². The van der Waals surface area contributed by atoms with Gasteiger partial charge in [0.2, 0.25) is 47.3 Å². The molecule has 12 heteroatoms. The van der Waals surface area contributed by atoms with Crippen molar-refractivity contribution < 1.29 is 38.4 Å². The van der Waals surface area contributed by atoms with Crippen molar-refractivity contribution in [1.82, 2.24) is 9.80 Å². The topological polar surface area (TPSA) is 150 Å². The van der Waals surface area contributed by atoms with Crippen LogP contribution in [0.3, 0.4) is 0 Å². The van der Waals surface area contributed by atoms with Crippen LogP contribution in [0.25, 0.3) is 0 Å². The minimum Gasteiger partial charge on any atom is -0.278 e. The molecule has 0 bridgehead atoms. The smallest absolute Gasteiger partial charge is 0.237 e. The summed E-state index contributed by atoms with van der Waals surface area (Å²) in [5.74, 6) is -3.52. The third kappa shape index (κ3) is 6.18. The Kier molecular flexibility index (Phi) is 9.48. The molecule has 6 unspecified atom stereocenters. The van der Waals surface area contributed by atoms with Gasteiger partial charge in [0.25, 0.3) is 0 Å². The Balaban J connectivity index is 0.000000190. The fourth-order valence-corrected chi connectivity index (χ4v) is 6.44. The second-order valence-electron chi connectivity index (χ2n) is 13.4. The third-order valence-corrected chi connectivity index (χ3v) is 9.89. The highest BCUT2D eigenvalue weighted by molar-refractivity contribution is 6.23.